The number of amides is 2. The van der Waals surface area contributed by atoms with Gasteiger partial charge in [0.1, 0.15) is 5.82 Å². The largest absolute Gasteiger partial charge is 0.394 e. The average molecular weight is 478 g/mol. The van der Waals surface area contributed by atoms with Gasteiger partial charge in [0.2, 0.25) is 0 Å². The van der Waals surface area contributed by atoms with Crippen LogP contribution in [0.5, 0.6) is 0 Å². The van der Waals surface area contributed by atoms with Crippen LogP contribution in [-0.2, 0) is 6.42 Å². The number of thiazole rings is 1. The average Bonchev–Trinajstić information content (AvgIpc) is 3.14. The fourth-order valence-corrected chi connectivity index (χ4v) is 4.85. The third-order valence-electron chi connectivity index (χ3n) is 5.57. The zero-order chi connectivity index (χ0) is 23.8. The maximum Gasteiger partial charge on any atom is 0.324 e. The van der Waals surface area contributed by atoms with Gasteiger partial charge >= 0.3 is 6.03 Å². The number of urea groups is 1. The predicted molar refractivity (Wildman–Crippen MR) is 123 cm³/mol. The molecule has 3 aromatic rings. The second-order valence-electron chi connectivity index (χ2n) is 8.64. The highest BCUT2D eigenvalue weighted by Crippen LogP contribution is 2.30. The van der Waals surface area contributed by atoms with E-state index in [0.29, 0.717) is 40.5 Å². The molecule has 3 N–H and O–H groups in total. The SMILES string of the molecule is CC1(C)CN(c2ncc(CC(O)CO)cc2F)CCN1C(=O)Nc1nc2ccc(F)cc2s1. The second-order valence-corrected chi connectivity index (χ2v) is 9.67. The second kappa shape index (κ2) is 9.16. The fraction of sp³-hybridized carbons (Fsp3) is 0.409. The predicted octanol–water partition coefficient (Wildman–Crippen LogP) is 3.00. The van der Waals surface area contributed by atoms with Gasteiger partial charge in [0.25, 0.3) is 0 Å². The first-order chi connectivity index (χ1) is 15.7. The smallest absolute Gasteiger partial charge is 0.324 e. The van der Waals surface area contributed by atoms with E-state index in [4.69, 9.17) is 5.11 Å². The molecule has 2 aromatic heterocycles. The number of rotatable bonds is 5. The van der Waals surface area contributed by atoms with Crippen LogP contribution in [0.15, 0.2) is 30.5 Å². The number of benzene rings is 1. The minimum Gasteiger partial charge on any atom is -0.394 e. The summed E-state index contributed by atoms with van der Waals surface area (Å²) >= 11 is 1.20. The first-order valence-corrected chi connectivity index (χ1v) is 11.3. The first kappa shape index (κ1) is 23.3. The molecule has 1 aliphatic heterocycles. The number of fused-ring (bicyclic) bond motifs is 1. The molecule has 0 radical (unpaired) electrons. The summed E-state index contributed by atoms with van der Waals surface area (Å²) in [5.41, 5.74) is 0.466. The topological polar surface area (TPSA) is 102 Å². The Kier molecular flexibility index (Phi) is 6.46. The van der Waals surface area contributed by atoms with E-state index in [2.05, 4.69) is 15.3 Å². The van der Waals surface area contributed by atoms with Gasteiger partial charge in [0.05, 0.1) is 28.5 Å². The van der Waals surface area contributed by atoms with Crippen molar-refractivity contribution in [3.05, 3.63) is 47.7 Å². The quantitative estimate of drug-likeness (QED) is 0.522. The van der Waals surface area contributed by atoms with Crippen LogP contribution in [0.1, 0.15) is 19.4 Å². The van der Waals surface area contributed by atoms with E-state index in [1.807, 2.05) is 13.8 Å². The van der Waals surface area contributed by atoms with E-state index < -0.39 is 24.1 Å². The van der Waals surface area contributed by atoms with Crippen molar-refractivity contribution in [2.75, 3.05) is 36.5 Å². The highest BCUT2D eigenvalue weighted by molar-refractivity contribution is 7.22. The number of halogens is 2. The molecule has 3 heterocycles. The Morgan fingerprint density at radius 2 is 2.09 bits per heavy atom. The third-order valence-corrected chi connectivity index (χ3v) is 6.51. The van der Waals surface area contributed by atoms with Gasteiger partial charge in [-0.3, -0.25) is 5.32 Å². The Bertz CT molecular complexity index is 1170. The Labute approximate surface area is 193 Å². The van der Waals surface area contributed by atoms with Crippen molar-refractivity contribution in [2.24, 2.45) is 0 Å². The standard InChI is InChI=1S/C22H25F2N5O3S/c1-22(2)12-28(19-16(24)8-13(10-25-19)7-15(31)11-30)5-6-29(22)21(32)27-20-26-17-4-3-14(23)9-18(17)33-20/h3-4,8-10,15,30-31H,5-7,11-12H2,1-2H3,(H,26,27,32). The molecule has 0 spiro atoms. The van der Waals surface area contributed by atoms with Crippen LogP contribution in [0.4, 0.5) is 24.5 Å². The maximum absolute atomic E-state index is 14.7. The van der Waals surface area contributed by atoms with E-state index in [1.165, 1.54) is 35.7 Å². The number of carbonyl (C=O) groups excluding carboxylic acids is 1. The lowest BCUT2D eigenvalue weighted by Crippen LogP contribution is -2.62. The Morgan fingerprint density at radius 3 is 2.79 bits per heavy atom. The molecule has 2 amide bonds. The number of hydrogen-bond acceptors (Lipinski definition) is 7. The van der Waals surface area contributed by atoms with Gasteiger partial charge in [-0.05, 0) is 43.7 Å². The number of piperazine rings is 1. The van der Waals surface area contributed by atoms with Crippen LogP contribution in [0.3, 0.4) is 0 Å². The number of nitrogens with zero attached hydrogens (tertiary/aromatic N) is 4. The van der Waals surface area contributed by atoms with E-state index >= 15 is 0 Å². The van der Waals surface area contributed by atoms with Gasteiger partial charge in [0, 0.05) is 32.3 Å². The number of nitrogens with one attached hydrogen (secondary N) is 1. The van der Waals surface area contributed by atoms with Crippen LogP contribution in [0.2, 0.25) is 0 Å². The van der Waals surface area contributed by atoms with Crippen LogP contribution in [0.25, 0.3) is 10.2 Å². The number of aromatic nitrogens is 2. The normalized spacial score (nSPS) is 16.8. The monoisotopic (exact) mass is 477 g/mol. The van der Waals surface area contributed by atoms with E-state index in [-0.39, 0.29) is 24.1 Å². The summed E-state index contributed by atoms with van der Waals surface area (Å²) in [6, 6.07) is 5.24. The third kappa shape index (κ3) is 5.05. The zero-order valence-electron chi connectivity index (χ0n) is 18.3. The number of aliphatic hydroxyl groups excluding tert-OH is 2. The molecule has 0 aliphatic carbocycles. The molecule has 0 saturated carbocycles. The molecule has 0 bridgehead atoms. The van der Waals surface area contributed by atoms with Gasteiger partial charge in [-0.2, -0.15) is 0 Å². The molecule has 1 aliphatic rings. The molecule has 176 valence electrons. The molecular weight excluding hydrogens is 452 g/mol. The summed E-state index contributed by atoms with van der Waals surface area (Å²) < 4.78 is 28.8. The summed E-state index contributed by atoms with van der Waals surface area (Å²) in [5, 5.41) is 21.7. The van der Waals surface area contributed by atoms with Crippen molar-refractivity contribution in [1.82, 2.24) is 14.9 Å². The molecule has 1 unspecified atom stereocenters. The molecule has 1 atom stereocenters. The van der Waals surface area contributed by atoms with Gasteiger partial charge in [0.15, 0.2) is 16.8 Å². The van der Waals surface area contributed by atoms with E-state index in [9.17, 15) is 18.7 Å². The van der Waals surface area contributed by atoms with Gasteiger partial charge in [-0.15, -0.1) is 0 Å². The highest BCUT2D eigenvalue weighted by atomic mass is 32.1. The van der Waals surface area contributed by atoms with Gasteiger partial charge in [-0.1, -0.05) is 11.3 Å². The number of aliphatic hydroxyl groups is 2. The lowest BCUT2D eigenvalue weighted by Gasteiger charge is -2.47. The van der Waals surface area contributed by atoms with Crippen molar-refractivity contribution in [3.8, 4) is 0 Å². The van der Waals surface area contributed by atoms with Crippen molar-refractivity contribution < 1.29 is 23.8 Å². The van der Waals surface area contributed by atoms with Crippen LogP contribution in [-0.4, -0.2) is 69.0 Å². The molecule has 1 saturated heterocycles. The fourth-order valence-electron chi connectivity index (χ4n) is 3.97. The van der Waals surface area contributed by atoms with Crippen molar-refractivity contribution in [3.63, 3.8) is 0 Å². The highest BCUT2D eigenvalue weighted by Gasteiger charge is 2.38. The molecule has 4 rings (SSSR count). The minimum absolute atomic E-state index is 0.110. The van der Waals surface area contributed by atoms with Crippen molar-refractivity contribution in [1.29, 1.82) is 0 Å². The van der Waals surface area contributed by atoms with Crippen LogP contribution < -0.4 is 10.2 Å². The van der Waals surface area contributed by atoms with Crippen molar-refractivity contribution in [2.45, 2.75) is 31.9 Å². The van der Waals surface area contributed by atoms with E-state index in [1.54, 1.807) is 15.9 Å². The maximum atomic E-state index is 14.7. The Morgan fingerprint density at radius 1 is 1.30 bits per heavy atom. The molecular formula is C22H25F2N5O3S. The molecule has 1 fully saturated rings. The Balaban J connectivity index is 1.44. The van der Waals surface area contributed by atoms with Gasteiger partial charge in [-0.25, -0.2) is 23.5 Å². The number of hydrogen-bond donors (Lipinski definition) is 3. The first-order valence-electron chi connectivity index (χ1n) is 10.5. The van der Waals surface area contributed by atoms with Crippen molar-refractivity contribution >= 4 is 38.5 Å². The number of carbonyl (C=O) groups is 1. The zero-order valence-corrected chi connectivity index (χ0v) is 19.1. The number of anilines is 2. The lowest BCUT2D eigenvalue weighted by atomic mass is 9.99. The van der Waals surface area contributed by atoms with Crippen LogP contribution >= 0.6 is 11.3 Å². The summed E-state index contributed by atoms with van der Waals surface area (Å²) in [4.78, 5) is 25.0. The summed E-state index contributed by atoms with van der Waals surface area (Å²) in [5.74, 6) is -0.702. The molecule has 11 heteroatoms. The minimum atomic E-state index is -0.965. The molecule has 8 nitrogen and oxygen atoms in total. The summed E-state index contributed by atoms with van der Waals surface area (Å²) in [7, 11) is 0. The van der Waals surface area contributed by atoms with E-state index in [0.717, 1.165) is 0 Å². The summed E-state index contributed by atoms with van der Waals surface area (Å²) in [6.07, 6.45) is 0.630. The van der Waals surface area contributed by atoms with Gasteiger partial charge < -0.3 is 20.0 Å². The molecule has 1 aromatic carbocycles. The Hall–Kier alpha value is -2.89. The van der Waals surface area contributed by atoms with Crippen LogP contribution in [0, 0.1) is 11.6 Å². The lowest BCUT2D eigenvalue weighted by molar-refractivity contribution is 0.0954. The summed E-state index contributed by atoms with van der Waals surface area (Å²) in [6.45, 7) is 4.44. The molecule has 33 heavy (non-hydrogen) atoms. The number of pyridine rings is 1.